The second-order valence-electron chi connectivity index (χ2n) is 3.82. The second-order valence-corrected chi connectivity index (χ2v) is 11.9. The van der Waals surface area contributed by atoms with Crippen LogP contribution in [0, 0.1) is 0 Å². The fourth-order valence-electron chi connectivity index (χ4n) is 1.58. The maximum Gasteiger partial charge on any atom is 0.417 e. The molecular formula is C13H8Br2F3OP. The zero-order valence-corrected chi connectivity index (χ0v) is 13.9. The number of hydrogen-bond acceptors (Lipinski definition) is 1. The van der Waals surface area contributed by atoms with Crippen LogP contribution >= 0.6 is 36.3 Å². The number of ether oxygens (including phenoxy) is 1. The van der Waals surface area contributed by atoms with Crippen LogP contribution in [0.1, 0.15) is 5.56 Å². The number of hydrogen-bond donors (Lipinski definition) is 0. The molecule has 0 atom stereocenters. The molecule has 0 saturated heterocycles. The van der Waals surface area contributed by atoms with E-state index in [1.165, 1.54) is 12.1 Å². The second kappa shape index (κ2) is 6.46. The molecule has 0 fully saturated rings. The topological polar surface area (TPSA) is 9.23 Å². The third-order valence-electron chi connectivity index (χ3n) is 2.44. The molecule has 106 valence electrons. The summed E-state index contributed by atoms with van der Waals surface area (Å²) < 4.78 is 44.2. The summed E-state index contributed by atoms with van der Waals surface area (Å²) in [6.45, 7) is 0. The van der Waals surface area contributed by atoms with Gasteiger partial charge in [-0.1, -0.05) is 18.2 Å². The quantitative estimate of drug-likeness (QED) is 0.528. The molecule has 2 aromatic carbocycles. The van der Waals surface area contributed by atoms with E-state index < -0.39 is 17.1 Å². The normalized spacial score (nSPS) is 11.7. The lowest BCUT2D eigenvalue weighted by Gasteiger charge is -2.15. The highest BCUT2D eigenvalue weighted by atomic mass is 79.9. The van der Waals surface area contributed by atoms with E-state index in [0.29, 0.717) is 11.5 Å². The SMILES string of the molecule is FC(F)(F)c1ccc(Oc2ccccc2)cc1P(Br)Br. The first-order valence-electron chi connectivity index (χ1n) is 5.44. The Bertz CT molecular complexity index is 588. The highest BCUT2D eigenvalue weighted by Gasteiger charge is 2.34. The van der Waals surface area contributed by atoms with Gasteiger partial charge in [-0.25, -0.2) is 0 Å². The molecule has 0 aliphatic carbocycles. The lowest BCUT2D eigenvalue weighted by Crippen LogP contribution is -2.16. The van der Waals surface area contributed by atoms with Crippen LogP contribution < -0.4 is 10.0 Å². The molecule has 0 saturated carbocycles. The first kappa shape index (κ1) is 15.8. The van der Waals surface area contributed by atoms with E-state index in [4.69, 9.17) is 4.74 Å². The zero-order valence-electron chi connectivity index (χ0n) is 9.86. The molecule has 0 aliphatic heterocycles. The van der Waals surface area contributed by atoms with Crippen LogP contribution in [0.2, 0.25) is 0 Å². The van der Waals surface area contributed by atoms with E-state index in [1.807, 2.05) is 6.07 Å². The summed E-state index contributed by atoms with van der Waals surface area (Å²) in [5, 5.41) is -1.11. The van der Waals surface area contributed by atoms with Crippen molar-refractivity contribution in [1.29, 1.82) is 0 Å². The minimum atomic E-state index is -4.39. The first-order valence-corrected chi connectivity index (χ1v) is 10.8. The van der Waals surface area contributed by atoms with Crippen molar-refractivity contribution < 1.29 is 17.9 Å². The van der Waals surface area contributed by atoms with E-state index in [0.717, 1.165) is 6.07 Å². The van der Waals surface area contributed by atoms with Crippen molar-refractivity contribution in [3.8, 4) is 11.5 Å². The van der Waals surface area contributed by atoms with Gasteiger partial charge in [0.2, 0.25) is 0 Å². The van der Waals surface area contributed by atoms with Crippen molar-refractivity contribution in [3.63, 3.8) is 0 Å². The molecule has 2 rings (SSSR count). The molecule has 0 aromatic heterocycles. The Morgan fingerprint density at radius 3 is 2.10 bits per heavy atom. The van der Waals surface area contributed by atoms with E-state index >= 15 is 0 Å². The molecule has 1 nitrogen and oxygen atoms in total. The van der Waals surface area contributed by atoms with Crippen molar-refractivity contribution in [2.24, 2.45) is 0 Å². The molecule has 0 radical (unpaired) electrons. The van der Waals surface area contributed by atoms with Gasteiger partial charge in [0.15, 0.2) is 0 Å². The van der Waals surface area contributed by atoms with Crippen LogP contribution in [0.25, 0.3) is 0 Å². The monoisotopic (exact) mass is 426 g/mol. The summed E-state index contributed by atoms with van der Waals surface area (Å²) in [7, 11) is 0. The molecule has 0 aliphatic rings. The van der Waals surface area contributed by atoms with E-state index in [9.17, 15) is 13.2 Å². The number of para-hydroxylation sites is 1. The average molecular weight is 428 g/mol. The number of halogens is 5. The third kappa shape index (κ3) is 3.96. The Hall–Kier alpha value is -0.580. The summed E-state index contributed by atoms with van der Waals surface area (Å²) in [4.78, 5) is 0. The summed E-state index contributed by atoms with van der Waals surface area (Å²) in [5.41, 5.74) is -0.669. The lowest BCUT2D eigenvalue weighted by molar-refractivity contribution is -0.136. The molecule has 7 heteroatoms. The Labute approximate surface area is 131 Å². The van der Waals surface area contributed by atoms with Crippen LogP contribution in [0.4, 0.5) is 13.2 Å². The van der Waals surface area contributed by atoms with Gasteiger partial charge in [-0.05, 0) is 61.3 Å². The Morgan fingerprint density at radius 1 is 0.900 bits per heavy atom. The first-order chi connectivity index (χ1) is 9.38. The molecule has 0 bridgehead atoms. The summed E-state index contributed by atoms with van der Waals surface area (Å²) >= 11 is 6.34. The average Bonchev–Trinajstić information content (AvgIpc) is 2.38. The predicted octanol–water partition coefficient (Wildman–Crippen LogP) is 6.22. The van der Waals surface area contributed by atoms with Gasteiger partial charge in [-0.3, -0.25) is 0 Å². The van der Waals surface area contributed by atoms with Gasteiger partial charge in [0.25, 0.3) is 0 Å². The largest absolute Gasteiger partial charge is 0.457 e. The Kier molecular flexibility index (Phi) is 5.10. The molecule has 20 heavy (non-hydrogen) atoms. The van der Waals surface area contributed by atoms with Crippen LogP contribution in [0.3, 0.4) is 0 Å². The fraction of sp³-hybridized carbons (Fsp3) is 0.0769. The van der Waals surface area contributed by atoms with Crippen molar-refractivity contribution >= 4 is 41.6 Å². The maximum absolute atomic E-state index is 12.9. The van der Waals surface area contributed by atoms with Crippen LogP contribution in [0.5, 0.6) is 11.5 Å². The number of rotatable bonds is 3. The number of alkyl halides is 3. The summed E-state index contributed by atoms with van der Waals surface area (Å²) in [6.07, 6.45) is -4.39. The van der Waals surface area contributed by atoms with Gasteiger partial charge in [0.1, 0.15) is 11.5 Å². The third-order valence-corrected chi connectivity index (χ3v) is 5.46. The van der Waals surface area contributed by atoms with Crippen molar-refractivity contribution in [2.75, 3.05) is 0 Å². The number of benzene rings is 2. The van der Waals surface area contributed by atoms with Crippen LogP contribution in [-0.2, 0) is 6.18 Å². The van der Waals surface area contributed by atoms with Gasteiger partial charge in [-0.15, -0.1) is 0 Å². The molecule has 0 N–H and O–H groups in total. The van der Waals surface area contributed by atoms with Crippen LogP contribution in [0.15, 0.2) is 48.5 Å². The van der Waals surface area contributed by atoms with Crippen molar-refractivity contribution in [2.45, 2.75) is 6.18 Å². The minimum absolute atomic E-state index is 0.140. The molecular weight excluding hydrogens is 420 g/mol. The summed E-state index contributed by atoms with van der Waals surface area (Å²) in [6, 6.07) is 12.6. The van der Waals surface area contributed by atoms with Gasteiger partial charge in [0.05, 0.1) is 10.9 Å². The van der Waals surface area contributed by atoms with Crippen molar-refractivity contribution in [3.05, 3.63) is 54.1 Å². The maximum atomic E-state index is 12.9. The lowest BCUT2D eigenvalue weighted by atomic mass is 10.2. The van der Waals surface area contributed by atoms with E-state index in [1.54, 1.807) is 24.3 Å². The Balaban J connectivity index is 2.36. The smallest absolute Gasteiger partial charge is 0.417 e. The standard InChI is InChI=1S/C13H8Br2F3OP/c14-20(15)12-8-10(6-7-11(12)13(16,17)18)19-9-4-2-1-3-5-9/h1-8H. The highest BCUT2D eigenvalue weighted by molar-refractivity contribution is 9.70. The predicted molar refractivity (Wildman–Crippen MR) is 82.4 cm³/mol. The van der Waals surface area contributed by atoms with E-state index in [-0.39, 0.29) is 5.30 Å². The zero-order chi connectivity index (χ0) is 14.8. The van der Waals surface area contributed by atoms with Gasteiger partial charge >= 0.3 is 6.18 Å². The molecule has 0 unspecified atom stereocenters. The van der Waals surface area contributed by atoms with Crippen LogP contribution in [-0.4, -0.2) is 0 Å². The highest BCUT2D eigenvalue weighted by Crippen LogP contribution is 2.53. The van der Waals surface area contributed by atoms with E-state index in [2.05, 4.69) is 31.0 Å². The molecule has 2 aromatic rings. The summed E-state index contributed by atoms with van der Waals surface area (Å²) in [5.74, 6) is 0.942. The van der Waals surface area contributed by atoms with Gasteiger partial charge in [0, 0.05) is 5.30 Å². The molecule has 0 heterocycles. The van der Waals surface area contributed by atoms with Gasteiger partial charge < -0.3 is 4.74 Å². The molecule has 0 amide bonds. The molecule has 0 spiro atoms. The fourth-order valence-corrected chi connectivity index (χ4v) is 3.95. The minimum Gasteiger partial charge on any atom is -0.457 e. The van der Waals surface area contributed by atoms with Gasteiger partial charge in [-0.2, -0.15) is 13.2 Å². The van der Waals surface area contributed by atoms with Crippen molar-refractivity contribution in [1.82, 2.24) is 0 Å². The Morgan fingerprint density at radius 2 is 1.55 bits per heavy atom.